The summed E-state index contributed by atoms with van der Waals surface area (Å²) in [7, 11) is 0. The van der Waals surface area contributed by atoms with Crippen molar-refractivity contribution in [3.8, 4) is 0 Å². The number of aryl methyl sites for hydroxylation is 1. The third kappa shape index (κ3) is 5.07. The van der Waals surface area contributed by atoms with Crippen molar-refractivity contribution < 1.29 is 4.52 Å². The van der Waals surface area contributed by atoms with E-state index in [1.54, 1.807) is 0 Å². The molecule has 0 amide bonds. The van der Waals surface area contributed by atoms with Crippen LogP contribution < -0.4 is 5.32 Å². The molecule has 1 saturated heterocycles. The van der Waals surface area contributed by atoms with Crippen LogP contribution in [0.1, 0.15) is 37.6 Å². The second kappa shape index (κ2) is 8.86. The SMILES string of the molecule is CCN=C(NC1CCC1)N1CCN(Cc2cc(C)on2)CC1.I. The van der Waals surface area contributed by atoms with E-state index in [1.807, 2.05) is 13.0 Å². The lowest BCUT2D eigenvalue weighted by molar-refractivity contribution is 0.167. The lowest BCUT2D eigenvalue weighted by atomic mass is 9.93. The number of guanidine groups is 1. The highest BCUT2D eigenvalue weighted by molar-refractivity contribution is 14.0. The number of hydrogen-bond donors (Lipinski definition) is 1. The highest BCUT2D eigenvalue weighted by Gasteiger charge is 2.24. The number of nitrogens with zero attached hydrogens (tertiary/aromatic N) is 4. The zero-order valence-corrected chi connectivity index (χ0v) is 16.5. The van der Waals surface area contributed by atoms with E-state index in [9.17, 15) is 0 Å². The number of nitrogens with one attached hydrogen (secondary N) is 1. The molecule has 0 spiro atoms. The molecule has 2 heterocycles. The van der Waals surface area contributed by atoms with Crippen molar-refractivity contribution in [1.82, 2.24) is 20.3 Å². The van der Waals surface area contributed by atoms with Gasteiger partial charge in [-0.2, -0.15) is 0 Å². The molecule has 1 N–H and O–H groups in total. The third-order valence-electron chi connectivity index (χ3n) is 4.48. The summed E-state index contributed by atoms with van der Waals surface area (Å²) in [5.74, 6) is 1.99. The molecular weight excluding hydrogens is 405 g/mol. The molecule has 3 rings (SSSR count). The zero-order valence-electron chi connectivity index (χ0n) is 14.1. The fourth-order valence-electron chi connectivity index (χ4n) is 2.96. The molecule has 130 valence electrons. The van der Waals surface area contributed by atoms with Crippen LogP contribution in [-0.2, 0) is 6.54 Å². The van der Waals surface area contributed by atoms with Crippen LogP contribution in [0.2, 0.25) is 0 Å². The summed E-state index contributed by atoms with van der Waals surface area (Å²) in [4.78, 5) is 9.49. The lowest BCUT2D eigenvalue weighted by Crippen LogP contribution is -2.55. The first-order valence-corrected chi connectivity index (χ1v) is 8.45. The van der Waals surface area contributed by atoms with Gasteiger partial charge in [0, 0.05) is 51.4 Å². The summed E-state index contributed by atoms with van der Waals surface area (Å²) < 4.78 is 5.14. The topological polar surface area (TPSA) is 56.9 Å². The Hall–Kier alpha value is -0.830. The number of aliphatic imine (C=N–C) groups is 1. The molecule has 1 aliphatic carbocycles. The maximum atomic E-state index is 5.14. The molecule has 2 aliphatic rings. The van der Waals surface area contributed by atoms with Crippen molar-refractivity contribution >= 4 is 29.9 Å². The van der Waals surface area contributed by atoms with Gasteiger partial charge in [0.1, 0.15) is 5.76 Å². The van der Waals surface area contributed by atoms with Crippen LogP contribution in [-0.4, -0.2) is 59.7 Å². The average molecular weight is 433 g/mol. The molecule has 0 atom stereocenters. The molecule has 0 bridgehead atoms. The normalized spacial score (nSPS) is 20.1. The first-order chi connectivity index (χ1) is 10.7. The van der Waals surface area contributed by atoms with E-state index in [1.165, 1.54) is 19.3 Å². The van der Waals surface area contributed by atoms with E-state index in [4.69, 9.17) is 4.52 Å². The van der Waals surface area contributed by atoms with Crippen molar-refractivity contribution in [1.29, 1.82) is 0 Å². The van der Waals surface area contributed by atoms with Gasteiger partial charge < -0.3 is 14.7 Å². The molecule has 1 aromatic rings. The fraction of sp³-hybridized carbons (Fsp3) is 0.750. The van der Waals surface area contributed by atoms with Gasteiger partial charge in [-0.15, -0.1) is 24.0 Å². The highest BCUT2D eigenvalue weighted by atomic mass is 127. The van der Waals surface area contributed by atoms with Crippen LogP contribution in [0.15, 0.2) is 15.6 Å². The van der Waals surface area contributed by atoms with Gasteiger partial charge in [0.15, 0.2) is 5.96 Å². The van der Waals surface area contributed by atoms with E-state index in [2.05, 4.69) is 32.2 Å². The molecule has 0 aromatic carbocycles. The Morgan fingerprint density at radius 1 is 1.35 bits per heavy atom. The second-order valence-corrected chi connectivity index (χ2v) is 6.26. The van der Waals surface area contributed by atoms with Crippen LogP contribution in [0, 0.1) is 6.92 Å². The van der Waals surface area contributed by atoms with Gasteiger partial charge in [0.05, 0.1) is 5.69 Å². The van der Waals surface area contributed by atoms with Crippen molar-refractivity contribution in [2.45, 2.75) is 45.7 Å². The standard InChI is InChI=1S/C16H27N5O.HI/c1-3-17-16(18-14-5-4-6-14)21-9-7-20(8-10-21)12-15-11-13(2)22-19-15;/h11,14H,3-10,12H2,1-2H3,(H,17,18);1H. The number of piperazine rings is 1. The molecule has 0 radical (unpaired) electrons. The largest absolute Gasteiger partial charge is 0.361 e. The lowest BCUT2D eigenvalue weighted by Gasteiger charge is -2.38. The maximum absolute atomic E-state index is 5.14. The molecule has 1 aliphatic heterocycles. The maximum Gasteiger partial charge on any atom is 0.194 e. The van der Waals surface area contributed by atoms with E-state index >= 15 is 0 Å². The zero-order chi connectivity index (χ0) is 15.4. The Balaban J connectivity index is 0.00000192. The van der Waals surface area contributed by atoms with Gasteiger partial charge in [-0.1, -0.05) is 5.16 Å². The van der Waals surface area contributed by atoms with Crippen LogP contribution in [0.4, 0.5) is 0 Å². The second-order valence-electron chi connectivity index (χ2n) is 6.26. The van der Waals surface area contributed by atoms with Crippen molar-refractivity contribution in [3.63, 3.8) is 0 Å². The predicted molar refractivity (Wildman–Crippen MR) is 102 cm³/mol. The molecule has 23 heavy (non-hydrogen) atoms. The van der Waals surface area contributed by atoms with Crippen LogP contribution in [0.5, 0.6) is 0 Å². The van der Waals surface area contributed by atoms with Gasteiger partial charge in [0.25, 0.3) is 0 Å². The van der Waals surface area contributed by atoms with Crippen molar-refractivity contribution in [2.75, 3.05) is 32.7 Å². The summed E-state index contributed by atoms with van der Waals surface area (Å²) >= 11 is 0. The van der Waals surface area contributed by atoms with E-state index in [-0.39, 0.29) is 24.0 Å². The van der Waals surface area contributed by atoms with E-state index in [0.717, 1.165) is 56.7 Å². The number of aromatic nitrogens is 1. The van der Waals surface area contributed by atoms with Gasteiger partial charge in [-0.3, -0.25) is 9.89 Å². The third-order valence-corrected chi connectivity index (χ3v) is 4.48. The molecule has 7 heteroatoms. The average Bonchev–Trinajstić information content (AvgIpc) is 2.88. The summed E-state index contributed by atoms with van der Waals surface area (Å²) in [5, 5.41) is 7.71. The Bertz CT molecular complexity index is 506. The Morgan fingerprint density at radius 3 is 2.61 bits per heavy atom. The minimum Gasteiger partial charge on any atom is -0.361 e. The fourth-order valence-corrected chi connectivity index (χ4v) is 2.96. The quantitative estimate of drug-likeness (QED) is 0.449. The number of hydrogen-bond acceptors (Lipinski definition) is 4. The summed E-state index contributed by atoms with van der Waals surface area (Å²) in [5.41, 5.74) is 1.03. The molecular formula is C16H28IN5O. The van der Waals surface area contributed by atoms with Crippen LogP contribution in [0.25, 0.3) is 0 Å². The summed E-state index contributed by atoms with van der Waals surface area (Å²) in [6.45, 7) is 9.89. The number of halogens is 1. The molecule has 1 aromatic heterocycles. The summed E-state index contributed by atoms with van der Waals surface area (Å²) in [6, 6.07) is 2.66. The van der Waals surface area contributed by atoms with Crippen molar-refractivity contribution in [2.24, 2.45) is 4.99 Å². The monoisotopic (exact) mass is 433 g/mol. The van der Waals surface area contributed by atoms with Crippen LogP contribution >= 0.6 is 24.0 Å². The van der Waals surface area contributed by atoms with Crippen molar-refractivity contribution in [3.05, 3.63) is 17.5 Å². The molecule has 0 unspecified atom stereocenters. The Morgan fingerprint density at radius 2 is 2.09 bits per heavy atom. The molecule has 2 fully saturated rings. The highest BCUT2D eigenvalue weighted by Crippen LogP contribution is 2.18. The number of rotatable bonds is 4. The van der Waals surface area contributed by atoms with Gasteiger partial charge >= 0.3 is 0 Å². The van der Waals surface area contributed by atoms with Crippen LogP contribution in [0.3, 0.4) is 0 Å². The molecule has 6 nitrogen and oxygen atoms in total. The van der Waals surface area contributed by atoms with Gasteiger partial charge in [-0.25, -0.2) is 0 Å². The minimum absolute atomic E-state index is 0. The van der Waals surface area contributed by atoms with E-state index in [0.29, 0.717) is 6.04 Å². The summed E-state index contributed by atoms with van der Waals surface area (Å²) in [6.07, 6.45) is 3.92. The Labute approximate surface area is 155 Å². The van der Waals surface area contributed by atoms with Gasteiger partial charge in [0.2, 0.25) is 0 Å². The minimum atomic E-state index is 0. The first-order valence-electron chi connectivity index (χ1n) is 8.45. The van der Waals surface area contributed by atoms with Gasteiger partial charge in [-0.05, 0) is 33.1 Å². The first kappa shape index (κ1) is 18.5. The Kier molecular flexibility index (Phi) is 7.13. The van der Waals surface area contributed by atoms with E-state index < -0.39 is 0 Å². The smallest absolute Gasteiger partial charge is 0.194 e. The predicted octanol–water partition coefficient (Wildman–Crippen LogP) is 2.24. The molecule has 1 saturated carbocycles.